The van der Waals surface area contributed by atoms with E-state index in [9.17, 15) is 4.79 Å². The lowest BCUT2D eigenvalue weighted by Crippen LogP contribution is -2.27. The van der Waals surface area contributed by atoms with Gasteiger partial charge in [-0.05, 0) is 42.2 Å². The largest absolute Gasteiger partial charge is 0.493 e. The van der Waals surface area contributed by atoms with Gasteiger partial charge >= 0.3 is 0 Å². The maximum absolute atomic E-state index is 12.2. The van der Waals surface area contributed by atoms with Crippen LogP contribution in [0.15, 0.2) is 30.3 Å². The van der Waals surface area contributed by atoms with E-state index in [1.54, 1.807) is 26.4 Å². The van der Waals surface area contributed by atoms with Crippen molar-refractivity contribution in [1.82, 2.24) is 15.5 Å². The van der Waals surface area contributed by atoms with E-state index in [-0.39, 0.29) is 5.91 Å². The van der Waals surface area contributed by atoms with Crippen LogP contribution < -0.4 is 20.1 Å². The van der Waals surface area contributed by atoms with Crippen LogP contribution in [-0.2, 0) is 6.42 Å². The second kappa shape index (κ2) is 9.60. The Hall–Kier alpha value is -2.83. The molecule has 140 valence electrons. The third-order valence-corrected chi connectivity index (χ3v) is 3.74. The van der Waals surface area contributed by atoms with Crippen molar-refractivity contribution in [3.63, 3.8) is 0 Å². The van der Waals surface area contributed by atoms with E-state index < -0.39 is 0 Å². The average Bonchev–Trinajstić information content (AvgIpc) is 2.66. The van der Waals surface area contributed by atoms with Crippen LogP contribution in [-0.4, -0.2) is 43.4 Å². The van der Waals surface area contributed by atoms with E-state index in [0.717, 1.165) is 12.1 Å². The molecule has 2 N–H and O–H groups in total. The Kier molecular flexibility index (Phi) is 7.20. The first-order valence-electron chi connectivity index (χ1n) is 8.60. The van der Waals surface area contributed by atoms with Crippen molar-refractivity contribution in [3.05, 3.63) is 41.6 Å². The average molecular weight is 358 g/mol. The minimum absolute atomic E-state index is 0.242. The third-order valence-electron chi connectivity index (χ3n) is 3.74. The lowest BCUT2D eigenvalue weighted by molar-refractivity contribution is 0.0948. The summed E-state index contributed by atoms with van der Waals surface area (Å²) in [6.07, 6.45) is 0.674. The molecule has 0 aliphatic carbocycles. The Balaban J connectivity index is 1.85. The topological polar surface area (TPSA) is 85.4 Å². The van der Waals surface area contributed by atoms with E-state index in [2.05, 4.69) is 34.7 Å². The van der Waals surface area contributed by atoms with Gasteiger partial charge in [0.15, 0.2) is 17.2 Å². The molecule has 7 heteroatoms. The van der Waals surface area contributed by atoms with E-state index >= 15 is 0 Å². The number of nitrogens with one attached hydrogen (secondary N) is 2. The summed E-state index contributed by atoms with van der Waals surface area (Å²) in [6.45, 7) is 5.52. The van der Waals surface area contributed by atoms with Crippen molar-refractivity contribution in [1.29, 1.82) is 0 Å². The van der Waals surface area contributed by atoms with Crippen LogP contribution >= 0.6 is 0 Å². The number of nitrogens with zero attached hydrogens (tertiary/aromatic N) is 2. The van der Waals surface area contributed by atoms with Gasteiger partial charge in [0.1, 0.15) is 5.82 Å². The Morgan fingerprint density at radius 3 is 2.46 bits per heavy atom. The lowest BCUT2D eigenvalue weighted by atomic mass is 10.1. The van der Waals surface area contributed by atoms with Gasteiger partial charge in [0, 0.05) is 13.1 Å². The summed E-state index contributed by atoms with van der Waals surface area (Å²) in [5, 5.41) is 14.0. The summed E-state index contributed by atoms with van der Waals surface area (Å²) in [6, 6.07) is 9.13. The number of hydrogen-bond donors (Lipinski definition) is 2. The molecule has 2 aromatic rings. The predicted octanol–water partition coefficient (Wildman–Crippen LogP) is 2.53. The first-order valence-corrected chi connectivity index (χ1v) is 8.60. The number of ether oxygens (including phenoxy) is 2. The monoisotopic (exact) mass is 358 g/mol. The maximum Gasteiger partial charge on any atom is 0.271 e. The van der Waals surface area contributed by atoms with Gasteiger partial charge in [-0.3, -0.25) is 4.79 Å². The summed E-state index contributed by atoms with van der Waals surface area (Å²) < 4.78 is 10.5. The van der Waals surface area contributed by atoms with Gasteiger partial charge in [-0.1, -0.05) is 19.9 Å². The highest BCUT2D eigenvalue weighted by Crippen LogP contribution is 2.27. The molecule has 0 bridgehead atoms. The molecule has 0 radical (unpaired) electrons. The van der Waals surface area contributed by atoms with Crippen molar-refractivity contribution < 1.29 is 14.3 Å². The Labute approximate surface area is 154 Å². The zero-order chi connectivity index (χ0) is 18.9. The van der Waals surface area contributed by atoms with E-state index in [1.807, 2.05) is 18.2 Å². The molecular weight excluding hydrogens is 332 g/mol. The molecule has 0 atom stereocenters. The Bertz CT molecular complexity index is 717. The second-order valence-corrected chi connectivity index (χ2v) is 6.27. The minimum Gasteiger partial charge on any atom is -0.493 e. The van der Waals surface area contributed by atoms with Crippen molar-refractivity contribution in [2.45, 2.75) is 20.3 Å². The maximum atomic E-state index is 12.2. The summed E-state index contributed by atoms with van der Waals surface area (Å²) in [7, 11) is 3.20. The third kappa shape index (κ3) is 5.61. The van der Waals surface area contributed by atoms with E-state index in [4.69, 9.17) is 9.47 Å². The van der Waals surface area contributed by atoms with Crippen molar-refractivity contribution in [2.24, 2.45) is 5.92 Å². The molecule has 0 saturated carbocycles. The molecule has 0 saturated heterocycles. The Morgan fingerprint density at radius 2 is 1.85 bits per heavy atom. The molecule has 1 aromatic carbocycles. The highest BCUT2D eigenvalue weighted by molar-refractivity contribution is 5.92. The fourth-order valence-corrected chi connectivity index (χ4v) is 2.30. The molecule has 26 heavy (non-hydrogen) atoms. The molecular formula is C19H26N4O3. The number of hydrogen-bond acceptors (Lipinski definition) is 6. The van der Waals surface area contributed by atoms with E-state index in [1.165, 1.54) is 0 Å². The zero-order valence-electron chi connectivity index (χ0n) is 15.7. The predicted molar refractivity (Wildman–Crippen MR) is 101 cm³/mol. The van der Waals surface area contributed by atoms with Gasteiger partial charge in [-0.15, -0.1) is 10.2 Å². The van der Waals surface area contributed by atoms with Crippen molar-refractivity contribution >= 4 is 11.7 Å². The standard InChI is InChI=1S/C19H26N4O3/c1-13(2)12-21-18-8-6-15(22-23-18)19(24)20-10-9-14-5-7-16(25-3)17(11-14)26-4/h5-8,11,13H,9-10,12H2,1-4H3,(H,20,24)(H,21,23). The number of aromatic nitrogens is 2. The number of carbonyl (C=O) groups is 1. The number of carbonyl (C=O) groups excluding carboxylic acids is 1. The number of amides is 1. The molecule has 0 fully saturated rings. The molecule has 1 heterocycles. The molecule has 7 nitrogen and oxygen atoms in total. The summed E-state index contributed by atoms with van der Waals surface area (Å²) >= 11 is 0. The zero-order valence-corrected chi connectivity index (χ0v) is 15.7. The van der Waals surface area contributed by atoms with Gasteiger partial charge in [-0.25, -0.2) is 0 Å². The van der Waals surface area contributed by atoms with Gasteiger partial charge in [0.2, 0.25) is 0 Å². The van der Waals surface area contributed by atoms with Gasteiger partial charge < -0.3 is 20.1 Å². The summed E-state index contributed by atoms with van der Waals surface area (Å²) in [4.78, 5) is 12.2. The number of rotatable bonds is 9. The van der Waals surface area contributed by atoms with Crippen molar-refractivity contribution in [2.75, 3.05) is 32.6 Å². The molecule has 1 amide bonds. The van der Waals surface area contributed by atoms with Crippen LogP contribution in [0.2, 0.25) is 0 Å². The van der Waals surface area contributed by atoms with Crippen LogP contribution in [0, 0.1) is 5.92 Å². The fourth-order valence-electron chi connectivity index (χ4n) is 2.30. The lowest BCUT2D eigenvalue weighted by Gasteiger charge is -2.10. The number of benzene rings is 1. The van der Waals surface area contributed by atoms with Crippen LogP contribution in [0.3, 0.4) is 0 Å². The van der Waals surface area contributed by atoms with Crippen LogP contribution in [0.1, 0.15) is 29.9 Å². The summed E-state index contributed by atoms with van der Waals surface area (Å²) in [5.74, 6) is 2.29. The van der Waals surface area contributed by atoms with Crippen LogP contribution in [0.25, 0.3) is 0 Å². The minimum atomic E-state index is -0.242. The molecule has 0 unspecified atom stereocenters. The van der Waals surface area contributed by atoms with Gasteiger partial charge in [0.05, 0.1) is 14.2 Å². The van der Waals surface area contributed by atoms with Crippen LogP contribution in [0.4, 0.5) is 5.82 Å². The molecule has 0 aliphatic heterocycles. The quantitative estimate of drug-likeness (QED) is 0.716. The molecule has 1 aromatic heterocycles. The van der Waals surface area contributed by atoms with Crippen molar-refractivity contribution in [3.8, 4) is 11.5 Å². The highest BCUT2D eigenvalue weighted by Gasteiger charge is 2.09. The van der Waals surface area contributed by atoms with Crippen LogP contribution in [0.5, 0.6) is 11.5 Å². The number of methoxy groups -OCH3 is 2. The van der Waals surface area contributed by atoms with Gasteiger partial charge in [0.25, 0.3) is 5.91 Å². The van der Waals surface area contributed by atoms with E-state index in [0.29, 0.717) is 41.9 Å². The fraction of sp³-hybridized carbons (Fsp3) is 0.421. The SMILES string of the molecule is COc1ccc(CCNC(=O)c2ccc(NCC(C)C)nn2)cc1OC. The molecule has 2 rings (SSSR count). The Morgan fingerprint density at radius 1 is 1.08 bits per heavy atom. The van der Waals surface area contributed by atoms with Gasteiger partial charge in [-0.2, -0.15) is 0 Å². The molecule has 0 spiro atoms. The normalized spacial score (nSPS) is 10.5. The highest BCUT2D eigenvalue weighted by atomic mass is 16.5. The smallest absolute Gasteiger partial charge is 0.271 e. The first kappa shape index (κ1) is 19.5. The number of anilines is 1. The summed E-state index contributed by atoms with van der Waals surface area (Å²) in [5.41, 5.74) is 1.34. The first-order chi connectivity index (χ1) is 12.5. The molecule has 0 aliphatic rings. The second-order valence-electron chi connectivity index (χ2n) is 6.27.